The van der Waals surface area contributed by atoms with Gasteiger partial charge in [0.1, 0.15) is 10.7 Å². The van der Waals surface area contributed by atoms with E-state index in [-0.39, 0.29) is 18.0 Å². The van der Waals surface area contributed by atoms with Crippen molar-refractivity contribution < 1.29 is 17.5 Å². The van der Waals surface area contributed by atoms with Crippen LogP contribution in [0.2, 0.25) is 0 Å². The van der Waals surface area contributed by atoms with Gasteiger partial charge >= 0.3 is 0 Å². The van der Waals surface area contributed by atoms with Crippen molar-refractivity contribution >= 4 is 10.0 Å². The largest absolute Gasteiger partial charge is 0.385 e. The van der Waals surface area contributed by atoms with Crippen LogP contribution in [0.4, 0.5) is 4.39 Å². The van der Waals surface area contributed by atoms with Crippen LogP contribution in [-0.2, 0) is 21.3 Å². The van der Waals surface area contributed by atoms with E-state index in [1.54, 1.807) is 7.11 Å². The molecule has 0 fully saturated rings. The maximum Gasteiger partial charge on any atom is 0.245 e. The fraction of sp³-hybridized carbons (Fsp3) is 0.500. The van der Waals surface area contributed by atoms with Gasteiger partial charge in [0, 0.05) is 33.9 Å². The Kier molecular flexibility index (Phi) is 5.86. The maximum absolute atomic E-state index is 13.7. The highest BCUT2D eigenvalue weighted by Gasteiger charge is 2.24. The molecule has 0 saturated carbocycles. The Hall–Kier alpha value is -1.02. The molecule has 0 heterocycles. The van der Waals surface area contributed by atoms with E-state index in [1.807, 2.05) is 0 Å². The summed E-state index contributed by atoms with van der Waals surface area (Å²) in [5.41, 5.74) is 6.01. The van der Waals surface area contributed by atoms with E-state index < -0.39 is 15.8 Å². The Morgan fingerprint density at radius 2 is 2.11 bits per heavy atom. The van der Waals surface area contributed by atoms with Gasteiger partial charge < -0.3 is 10.5 Å². The van der Waals surface area contributed by atoms with Crippen LogP contribution in [0.25, 0.3) is 0 Å². The summed E-state index contributed by atoms with van der Waals surface area (Å²) in [5, 5.41) is 0. The molecule has 0 aliphatic carbocycles. The fourth-order valence-corrected chi connectivity index (χ4v) is 2.91. The molecule has 108 valence electrons. The molecule has 1 aromatic carbocycles. The van der Waals surface area contributed by atoms with Gasteiger partial charge in [-0.2, -0.15) is 0 Å². The summed E-state index contributed by atoms with van der Waals surface area (Å²) >= 11 is 0. The number of benzene rings is 1. The molecule has 0 aliphatic heterocycles. The normalized spacial score (nSPS) is 12.1. The first-order valence-corrected chi connectivity index (χ1v) is 7.31. The molecule has 0 atom stereocenters. The Morgan fingerprint density at radius 3 is 2.68 bits per heavy atom. The first-order valence-electron chi connectivity index (χ1n) is 5.87. The van der Waals surface area contributed by atoms with Gasteiger partial charge in [0.2, 0.25) is 10.0 Å². The zero-order chi connectivity index (χ0) is 14.5. The fourth-order valence-electron chi connectivity index (χ4n) is 1.59. The number of nitrogens with two attached hydrogens (primary N) is 1. The van der Waals surface area contributed by atoms with Gasteiger partial charge in [-0.15, -0.1) is 0 Å². The third-order valence-corrected chi connectivity index (χ3v) is 4.61. The van der Waals surface area contributed by atoms with Crippen LogP contribution < -0.4 is 5.73 Å². The molecule has 0 radical (unpaired) electrons. The van der Waals surface area contributed by atoms with E-state index in [9.17, 15) is 12.8 Å². The molecule has 1 aromatic rings. The molecule has 0 bridgehead atoms. The first-order chi connectivity index (χ1) is 8.93. The Balaban J connectivity index is 2.99. The van der Waals surface area contributed by atoms with Gasteiger partial charge in [-0.3, -0.25) is 0 Å². The number of hydrogen-bond donors (Lipinski definition) is 1. The van der Waals surface area contributed by atoms with Crippen molar-refractivity contribution in [3.05, 3.63) is 29.6 Å². The number of sulfonamides is 1. The molecular formula is C12H19FN2O3S. The van der Waals surface area contributed by atoms with Crippen LogP contribution in [0.1, 0.15) is 12.0 Å². The molecule has 1 rings (SSSR count). The molecule has 2 N–H and O–H groups in total. The van der Waals surface area contributed by atoms with Gasteiger partial charge in [0.05, 0.1) is 0 Å². The lowest BCUT2D eigenvalue weighted by Crippen LogP contribution is -2.29. The smallest absolute Gasteiger partial charge is 0.245 e. The molecule has 0 saturated heterocycles. The summed E-state index contributed by atoms with van der Waals surface area (Å²) in [5.74, 6) is -0.768. The number of nitrogens with zero attached hydrogens (tertiary/aromatic N) is 1. The Bertz CT molecular complexity index is 520. The van der Waals surface area contributed by atoms with Crippen molar-refractivity contribution in [1.82, 2.24) is 4.31 Å². The van der Waals surface area contributed by atoms with Crippen molar-refractivity contribution in [3.8, 4) is 0 Å². The van der Waals surface area contributed by atoms with E-state index >= 15 is 0 Å². The van der Waals surface area contributed by atoms with Crippen molar-refractivity contribution in [1.29, 1.82) is 0 Å². The molecule has 0 amide bonds. The van der Waals surface area contributed by atoms with Crippen LogP contribution in [0.5, 0.6) is 0 Å². The Labute approximate surface area is 113 Å². The molecule has 0 unspecified atom stereocenters. The van der Waals surface area contributed by atoms with Crippen LogP contribution in [0.15, 0.2) is 23.1 Å². The number of halogens is 1. The highest BCUT2D eigenvalue weighted by molar-refractivity contribution is 7.89. The average molecular weight is 290 g/mol. The predicted molar refractivity (Wildman–Crippen MR) is 70.6 cm³/mol. The molecule has 5 nitrogen and oxygen atoms in total. The van der Waals surface area contributed by atoms with Crippen LogP contribution in [0.3, 0.4) is 0 Å². The van der Waals surface area contributed by atoms with Gasteiger partial charge in [-0.25, -0.2) is 17.1 Å². The van der Waals surface area contributed by atoms with E-state index in [1.165, 1.54) is 19.2 Å². The maximum atomic E-state index is 13.7. The monoisotopic (exact) mass is 290 g/mol. The van der Waals surface area contributed by atoms with E-state index in [0.717, 1.165) is 10.4 Å². The number of methoxy groups -OCH3 is 1. The lowest BCUT2D eigenvalue weighted by atomic mass is 10.2. The second-order valence-electron chi connectivity index (χ2n) is 4.14. The molecule has 0 spiro atoms. The highest BCUT2D eigenvalue weighted by Crippen LogP contribution is 2.20. The van der Waals surface area contributed by atoms with E-state index in [4.69, 9.17) is 10.5 Å². The van der Waals surface area contributed by atoms with Gasteiger partial charge in [-0.05, 0) is 24.1 Å². The molecule has 0 aromatic heterocycles. The number of hydrogen-bond acceptors (Lipinski definition) is 4. The number of rotatable bonds is 7. The van der Waals surface area contributed by atoms with Gasteiger partial charge in [0.15, 0.2) is 0 Å². The van der Waals surface area contributed by atoms with Gasteiger partial charge in [0.25, 0.3) is 0 Å². The summed E-state index contributed by atoms with van der Waals surface area (Å²) in [6.07, 6.45) is 0.546. The second kappa shape index (κ2) is 6.95. The zero-order valence-electron chi connectivity index (χ0n) is 11.1. The highest BCUT2D eigenvalue weighted by atomic mass is 32.2. The minimum Gasteiger partial charge on any atom is -0.385 e. The van der Waals surface area contributed by atoms with Crippen LogP contribution >= 0.6 is 0 Å². The zero-order valence-corrected chi connectivity index (χ0v) is 11.9. The van der Waals surface area contributed by atoms with E-state index in [0.29, 0.717) is 18.6 Å². The third kappa shape index (κ3) is 3.97. The first kappa shape index (κ1) is 16.0. The average Bonchev–Trinajstić information content (AvgIpc) is 2.39. The minimum atomic E-state index is -3.84. The van der Waals surface area contributed by atoms with E-state index in [2.05, 4.69) is 0 Å². The molecule has 19 heavy (non-hydrogen) atoms. The standard InChI is InChI=1S/C12H19FN2O3S/c1-15(6-3-7-18-2)19(16,17)12-8-10(9-14)4-5-11(12)13/h4-5,8H,3,6-7,9,14H2,1-2H3. The molecular weight excluding hydrogens is 271 g/mol. The quantitative estimate of drug-likeness (QED) is 0.759. The van der Waals surface area contributed by atoms with Crippen molar-refractivity contribution in [2.45, 2.75) is 17.9 Å². The lowest BCUT2D eigenvalue weighted by molar-refractivity contribution is 0.189. The third-order valence-electron chi connectivity index (χ3n) is 2.74. The predicted octanol–water partition coefficient (Wildman–Crippen LogP) is 0.941. The molecule has 7 heteroatoms. The van der Waals surface area contributed by atoms with Crippen LogP contribution in [-0.4, -0.2) is 40.0 Å². The lowest BCUT2D eigenvalue weighted by Gasteiger charge is -2.17. The summed E-state index contributed by atoms with van der Waals surface area (Å²) in [6, 6.07) is 3.87. The van der Waals surface area contributed by atoms with Crippen molar-refractivity contribution in [2.75, 3.05) is 27.3 Å². The summed E-state index contributed by atoms with van der Waals surface area (Å²) in [6.45, 7) is 0.879. The van der Waals surface area contributed by atoms with Crippen molar-refractivity contribution in [3.63, 3.8) is 0 Å². The summed E-state index contributed by atoms with van der Waals surface area (Å²) in [4.78, 5) is -0.338. The topological polar surface area (TPSA) is 72.6 Å². The number of ether oxygens (including phenoxy) is 1. The second-order valence-corrected chi connectivity index (χ2v) is 6.16. The van der Waals surface area contributed by atoms with Crippen LogP contribution in [0, 0.1) is 5.82 Å². The minimum absolute atomic E-state index is 0.163. The van der Waals surface area contributed by atoms with Gasteiger partial charge in [-0.1, -0.05) is 6.07 Å². The SMILES string of the molecule is COCCCN(C)S(=O)(=O)c1cc(CN)ccc1F. The molecule has 0 aliphatic rings. The van der Waals surface area contributed by atoms with Crippen molar-refractivity contribution in [2.24, 2.45) is 5.73 Å². The Morgan fingerprint density at radius 1 is 1.42 bits per heavy atom. The summed E-state index contributed by atoms with van der Waals surface area (Å²) < 4.78 is 44.1. The summed E-state index contributed by atoms with van der Waals surface area (Å²) in [7, 11) is -0.879.